The molecule has 2 atom stereocenters. The van der Waals surface area contributed by atoms with Gasteiger partial charge in [-0.05, 0) is 65.9 Å². The molecule has 4 nitrogen and oxygen atoms in total. The summed E-state index contributed by atoms with van der Waals surface area (Å²) in [7, 11) is 0. The largest absolute Gasteiger partial charge is 0.348 e. The minimum absolute atomic E-state index is 0.0396. The maximum absolute atomic E-state index is 12.9. The molecule has 0 aliphatic heterocycles. The van der Waals surface area contributed by atoms with Crippen LogP contribution in [0.5, 0.6) is 0 Å². The molecule has 0 fully saturated rings. The summed E-state index contributed by atoms with van der Waals surface area (Å²) in [5, 5.41) is 5.93. The zero-order valence-electron chi connectivity index (χ0n) is 16.5. The molecule has 0 aliphatic rings. The molecule has 27 heavy (non-hydrogen) atoms. The lowest BCUT2D eigenvalue weighted by Gasteiger charge is -2.25. The molecule has 2 amide bonds. The first-order chi connectivity index (χ1) is 12.7. The molecule has 0 radical (unpaired) electrons. The summed E-state index contributed by atoms with van der Waals surface area (Å²) < 4.78 is 0.703. The summed E-state index contributed by atoms with van der Waals surface area (Å²) in [5.41, 5.74) is 3.88. The summed E-state index contributed by atoms with van der Waals surface area (Å²) in [6, 6.07) is 12.6. The zero-order valence-corrected chi connectivity index (χ0v) is 18.1. The van der Waals surface area contributed by atoms with Crippen LogP contribution in [0.2, 0.25) is 0 Å². The van der Waals surface area contributed by atoms with Gasteiger partial charge in [-0.15, -0.1) is 0 Å². The molecule has 0 aromatic heterocycles. The quantitative estimate of drug-likeness (QED) is 0.697. The van der Waals surface area contributed by atoms with Gasteiger partial charge in [0.1, 0.15) is 6.04 Å². The summed E-state index contributed by atoms with van der Waals surface area (Å²) in [6.45, 7) is 9.88. The molecule has 0 saturated carbocycles. The number of rotatable bonds is 6. The standard InChI is InChI=1S/C22H27BrN2O2/c1-13(2)20(25-21(26)17-8-6-7-9-19(17)23)22(27)24-16(5)18-12-14(3)10-11-15(18)4/h6-13,16,20H,1-5H3,(H,24,27)(H,25,26)/t16-,20-/m1/s1. The average Bonchev–Trinajstić information content (AvgIpc) is 2.61. The van der Waals surface area contributed by atoms with Gasteiger partial charge in [-0.3, -0.25) is 9.59 Å². The first kappa shape index (κ1) is 21.2. The highest BCUT2D eigenvalue weighted by Gasteiger charge is 2.26. The van der Waals surface area contributed by atoms with E-state index in [-0.39, 0.29) is 23.8 Å². The van der Waals surface area contributed by atoms with Crippen molar-refractivity contribution in [1.82, 2.24) is 10.6 Å². The summed E-state index contributed by atoms with van der Waals surface area (Å²) in [4.78, 5) is 25.5. The van der Waals surface area contributed by atoms with Crippen LogP contribution < -0.4 is 10.6 Å². The van der Waals surface area contributed by atoms with Crippen LogP contribution in [0.4, 0.5) is 0 Å². The van der Waals surface area contributed by atoms with Gasteiger partial charge >= 0.3 is 0 Å². The molecule has 2 rings (SSSR count). The Morgan fingerprint density at radius 1 is 0.963 bits per heavy atom. The number of amides is 2. The second-order valence-corrected chi connectivity index (χ2v) is 8.12. The van der Waals surface area contributed by atoms with Crippen LogP contribution in [0.1, 0.15) is 53.9 Å². The van der Waals surface area contributed by atoms with E-state index in [1.807, 2.05) is 46.8 Å². The van der Waals surface area contributed by atoms with Crippen LogP contribution >= 0.6 is 15.9 Å². The van der Waals surface area contributed by atoms with Gasteiger partial charge in [-0.1, -0.05) is 49.7 Å². The molecule has 0 bridgehead atoms. The zero-order chi connectivity index (χ0) is 20.1. The fraction of sp³-hybridized carbons (Fsp3) is 0.364. The van der Waals surface area contributed by atoms with E-state index in [9.17, 15) is 9.59 Å². The van der Waals surface area contributed by atoms with Gasteiger partial charge in [0, 0.05) is 4.47 Å². The molecular weight excluding hydrogens is 404 g/mol. The molecule has 5 heteroatoms. The molecule has 0 unspecified atom stereocenters. The number of benzene rings is 2. The first-order valence-corrected chi connectivity index (χ1v) is 9.93. The minimum atomic E-state index is -0.614. The van der Waals surface area contributed by atoms with Crippen LogP contribution in [0, 0.1) is 19.8 Å². The van der Waals surface area contributed by atoms with E-state index >= 15 is 0 Å². The van der Waals surface area contributed by atoms with Crippen molar-refractivity contribution in [2.75, 3.05) is 0 Å². The maximum Gasteiger partial charge on any atom is 0.253 e. The Balaban J connectivity index is 2.14. The SMILES string of the molecule is Cc1ccc(C)c([C@@H](C)NC(=O)[C@H](NC(=O)c2ccccc2Br)C(C)C)c1. The number of carbonyl (C=O) groups excluding carboxylic acids is 2. The van der Waals surface area contributed by atoms with Gasteiger partial charge in [-0.2, -0.15) is 0 Å². The normalized spacial score (nSPS) is 13.1. The van der Waals surface area contributed by atoms with Gasteiger partial charge in [0.2, 0.25) is 5.91 Å². The molecule has 0 heterocycles. The van der Waals surface area contributed by atoms with Crippen molar-refractivity contribution in [3.8, 4) is 0 Å². The van der Waals surface area contributed by atoms with E-state index in [1.165, 1.54) is 0 Å². The van der Waals surface area contributed by atoms with Gasteiger partial charge in [0.25, 0.3) is 5.91 Å². The smallest absolute Gasteiger partial charge is 0.253 e. The Bertz CT molecular complexity index is 833. The first-order valence-electron chi connectivity index (χ1n) is 9.13. The lowest BCUT2D eigenvalue weighted by atomic mass is 9.98. The predicted octanol–water partition coefficient (Wildman–Crippen LogP) is 4.70. The summed E-state index contributed by atoms with van der Waals surface area (Å²) in [6.07, 6.45) is 0. The van der Waals surface area contributed by atoms with E-state index in [4.69, 9.17) is 0 Å². The van der Waals surface area contributed by atoms with Crippen molar-refractivity contribution in [3.05, 3.63) is 69.2 Å². The van der Waals surface area contributed by atoms with E-state index in [0.29, 0.717) is 10.0 Å². The van der Waals surface area contributed by atoms with Crippen molar-refractivity contribution in [2.24, 2.45) is 5.92 Å². The van der Waals surface area contributed by atoms with E-state index in [0.717, 1.165) is 16.7 Å². The van der Waals surface area contributed by atoms with Crippen molar-refractivity contribution in [3.63, 3.8) is 0 Å². The van der Waals surface area contributed by atoms with Crippen molar-refractivity contribution in [1.29, 1.82) is 0 Å². The topological polar surface area (TPSA) is 58.2 Å². The molecule has 0 aliphatic carbocycles. The van der Waals surface area contributed by atoms with Crippen LogP contribution in [0.25, 0.3) is 0 Å². The van der Waals surface area contributed by atoms with Gasteiger partial charge in [0.05, 0.1) is 11.6 Å². The molecule has 2 aromatic rings. The third kappa shape index (κ3) is 5.42. The number of hydrogen-bond donors (Lipinski definition) is 2. The Kier molecular flexibility index (Phi) is 7.19. The Hall–Kier alpha value is -2.14. The highest BCUT2D eigenvalue weighted by molar-refractivity contribution is 9.10. The number of nitrogens with one attached hydrogen (secondary N) is 2. The molecule has 2 aromatic carbocycles. The molecular formula is C22H27BrN2O2. The third-order valence-electron chi connectivity index (χ3n) is 4.61. The second kappa shape index (κ2) is 9.18. The highest BCUT2D eigenvalue weighted by atomic mass is 79.9. The molecule has 0 spiro atoms. The molecule has 0 saturated heterocycles. The third-order valence-corrected chi connectivity index (χ3v) is 5.31. The fourth-order valence-corrected chi connectivity index (χ4v) is 3.47. The molecule has 2 N–H and O–H groups in total. The predicted molar refractivity (Wildman–Crippen MR) is 113 cm³/mol. The monoisotopic (exact) mass is 430 g/mol. The second-order valence-electron chi connectivity index (χ2n) is 7.27. The lowest BCUT2D eigenvalue weighted by Crippen LogP contribution is -2.50. The van der Waals surface area contributed by atoms with Gasteiger partial charge in [0.15, 0.2) is 0 Å². The van der Waals surface area contributed by atoms with Gasteiger partial charge in [-0.25, -0.2) is 0 Å². The van der Waals surface area contributed by atoms with E-state index in [1.54, 1.807) is 12.1 Å². The van der Waals surface area contributed by atoms with Crippen molar-refractivity contribution < 1.29 is 9.59 Å². The van der Waals surface area contributed by atoms with Gasteiger partial charge < -0.3 is 10.6 Å². The van der Waals surface area contributed by atoms with Crippen LogP contribution in [-0.2, 0) is 4.79 Å². The maximum atomic E-state index is 12.9. The average molecular weight is 431 g/mol. The van der Waals surface area contributed by atoms with Crippen molar-refractivity contribution in [2.45, 2.75) is 46.7 Å². The lowest BCUT2D eigenvalue weighted by molar-refractivity contribution is -0.124. The summed E-state index contributed by atoms with van der Waals surface area (Å²) in [5.74, 6) is -0.489. The fourth-order valence-electron chi connectivity index (χ4n) is 3.01. The van der Waals surface area contributed by atoms with Crippen LogP contribution in [0.15, 0.2) is 46.9 Å². The number of carbonyl (C=O) groups is 2. The van der Waals surface area contributed by atoms with Crippen molar-refractivity contribution >= 4 is 27.7 Å². The van der Waals surface area contributed by atoms with Crippen LogP contribution in [-0.4, -0.2) is 17.9 Å². The minimum Gasteiger partial charge on any atom is -0.348 e. The molecule has 144 valence electrons. The summed E-state index contributed by atoms with van der Waals surface area (Å²) >= 11 is 3.39. The Morgan fingerprint density at radius 2 is 1.63 bits per heavy atom. The number of halogens is 1. The van der Waals surface area contributed by atoms with E-state index < -0.39 is 6.04 Å². The van der Waals surface area contributed by atoms with E-state index in [2.05, 4.69) is 44.8 Å². The Morgan fingerprint density at radius 3 is 2.26 bits per heavy atom. The highest BCUT2D eigenvalue weighted by Crippen LogP contribution is 2.20. The Labute approximate surface area is 169 Å². The van der Waals surface area contributed by atoms with Crippen LogP contribution in [0.3, 0.4) is 0 Å². The number of hydrogen-bond acceptors (Lipinski definition) is 2. The number of aryl methyl sites for hydroxylation is 2.